The number of aromatic amines is 1. The van der Waals surface area contributed by atoms with Gasteiger partial charge in [0.05, 0.1) is 17.3 Å². The molecule has 3 rings (SSSR count). The van der Waals surface area contributed by atoms with Crippen LogP contribution in [-0.4, -0.2) is 43.4 Å². The average molecular weight is 420 g/mol. The summed E-state index contributed by atoms with van der Waals surface area (Å²) < 4.78 is 7.56. The Kier molecular flexibility index (Phi) is 5.03. The number of amides is 1. The molecule has 0 bridgehead atoms. The molecule has 0 saturated carbocycles. The van der Waals surface area contributed by atoms with E-state index in [1.807, 2.05) is 13.8 Å². The molecule has 0 unspecified atom stereocenters. The summed E-state index contributed by atoms with van der Waals surface area (Å²) in [4.78, 5) is 12.6. The van der Waals surface area contributed by atoms with Crippen LogP contribution < -0.4 is 10.1 Å². The van der Waals surface area contributed by atoms with Gasteiger partial charge in [0, 0.05) is 5.69 Å². The van der Waals surface area contributed by atoms with Gasteiger partial charge in [-0.2, -0.15) is 9.78 Å². The molecular formula is C16H18BrN7O2. The van der Waals surface area contributed by atoms with E-state index in [2.05, 4.69) is 47.0 Å². The Hall–Kier alpha value is -2.75. The molecule has 0 fully saturated rings. The minimum atomic E-state index is -0.329. The fourth-order valence-electron chi connectivity index (χ4n) is 2.45. The van der Waals surface area contributed by atoms with E-state index in [1.54, 1.807) is 32.2 Å². The molecule has 2 heterocycles. The zero-order valence-corrected chi connectivity index (χ0v) is 16.3. The topological polar surface area (TPSA) is 111 Å². The summed E-state index contributed by atoms with van der Waals surface area (Å²) in [5.41, 5.74) is 2.36. The standard InChI is InChI=1S/C16H18BrN7O2/c1-8(2)14-13(17)15(21-20-14)16(25)18-10-5-6-12(26-4)11(7-10)24-9(3)19-22-23-24/h5-8H,1-4H3,(H,18,25)(H,20,21). The molecule has 136 valence electrons. The molecule has 0 aliphatic rings. The lowest BCUT2D eigenvalue weighted by atomic mass is 10.1. The number of aryl methyl sites for hydroxylation is 1. The number of benzene rings is 1. The fourth-order valence-corrected chi connectivity index (χ4v) is 3.27. The van der Waals surface area contributed by atoms with Crippen molar-refractivity contribution in [3.8, 4) is 11.4 Å². The van der Waals surface area contributed by atoms with Gasteiger partial charge in [0.15, 0.2) is 11.5 Å². The number of nitrogens with zero attached hydrogens (tertiary/aromatic N) is 5. The van der Waals surface area contributed by atoms with Crippen molar-refractivity contribution in [2.75, 3.05) is 12.4 Å². The van der Waals surface area contributed by atoms with Gasteiger partial charge in [-0.1, -0.05) is 13.8 Å². The normalized spacial score (nSPS) is 11.0. The van der Waals surface area contributed by atoms with Gasteiger partial charge >= 0.3 is 0 Å². The second-order valence-electron chi connectivity index (χ2n) is 5.93. The highest BCUT2D eigenvalue weighted by Gasteiger charge is 2.20. The monoisotopic (exact) mass is 419 g/mol. The van der Waals surface area contributed by atoms with Crippen LogP contribution in [0.3, 0.4) is 0 Å². The highest BCUT2D eigenvalue weighted by molar-refractivity contribution is 9.10. The zero-order valence-electron chi connectivity index (χ0n) is 14.7. The molecule has 1 aromatic carbocycles. The smallest absolute Gasteiger partial charge is 0.277 e. The molecule has 9 nitrogen and oxygen atoms in total. The van der Waals surface area contributed by atoms with E-state index in [0.717, 1.165) is 5.69 Å². The van der Waals surface area contributed by atoms with Crippen LogP contribution in [0.5, 0.6) is 5.75 Å². The van der Waals surface area contributed by atoms with E-state index >= 15 is 0 Å². The molecule has 0 aliphatic heterocycles. The minimum absolute atomic E-state index is 0.216. The number of carbonyl (C=O) groups excluding carboxylic acids is 1. The molecule has 2 aromatic heterocycles. The van der Waals surface area contributed by atoms with Crippen LogP contribution in [-0.2, 0) is 0 Å². The Morgan fingerprint density at radius 2 is 2.15 bits per heavy atom. The first-order valence-electron chi connectivity index (χ1n) is 7.90. The highest BCUT2D eigenvalue weighted by atomic mass is 79.9. The molecule has 0 aliphatic carbocycles. The van der Waals surface area contributed by atoms with E-state index in [-0.39, 0.29) is 11.8 Å². The molecular weight excluding hydrogens is 402 g/mol. The molecule has 1 amide bonds. The summed E-state index contributed by atoms with van der Waals surface area (Å²) in [6.07, 6.45) is 0. The maximum atomic E-state index is 12.6. The molecule has 10 heteroatoms. The second kappa shape index (κ2) is 7.24. The van der Waals surface area contributed by atoms with Gasteiger partial charge in [0.1, 0.15) is 11.4 Å². The number of hydrogen-bond acceptors (Lipinski definition) is 6. The van der Waals surface area contributed by atoms with Gasteiger partial charge in [0.2, 0.25) is 0 Å². The van der Waals surface area contributed by atoms with Gasteiger partial charge in [-0.15, -0.1) is 5.10 Å². The van der Waals surface area contributed by atoms with Crippen molar-refractivity contribution in [3.05, 3.63) is 39.9 Å². The highest BCUT2D eigenvalue weighted by Crippen LogP contribution is 2.28. The molecule has 26 heavy (non-hydrogen) atoms. The summed E-state index contributed by atoms with van der Waals surface area (Å²) in [5.74, 6) is 1.07. The number of methoxy groups -OCH3 is 1. The number of H-pyrrole nitrogens is 1. The number of ether oxygens (including phenoxy) is 1. The fraction of sp³-hybridized carbons (Fsp3) is 0.312. The molecule has 2 N–H and O–H groups in total. The summed E-state index contributed by atoms with van der Waals surface area (Å²) in [5, 5.41) is 21.3. The predicted molar refractivity (Wildman–Crippen MR) is 98.8 cm³/mol. The predicted octanol–water partition coefficient (Wildman–Crippen LogP) is 2.84. The van der Waals surface area contributed by atoms with E-state index in [0.29, 0.717) is 33.1 Å². The summed E-state index contributed by atoms with van der Waals surface area (Å²) in [6, 6.07) is 5.22. The first kappa shape index (κ1) is 18.1. The van der Waals surface area contributed by atoms with Crippen LogP contribution in [0.2, 0.25) is 0 Å². The van der Waals surface area contributed by atoms with Crippen LogP contribution in [0, 0.1) is 6.92 Å². The lowest BCUT2D eigenvalue weighted by Gasteiger charge is -2.11. The van der Waals surface area contributed by atoms with Gasteiger partial charge in [-0.3, -0.25) is 9.89 Å². The number of rotatable bonds is 5. The van der Waals surface area contributed by atoms with E-state index in [4.69, 9.17) is 4.74 Å². The third-order valence-electron chi connectivity index (χ3n) is 3.82. The van der Waals surface area contributed by atoms with Crippen molar-refractivity contribution in [3.63, 3.8) is 0 Å². The summed E-state index contributed by atoms with van der Waals surface area (Å²) in [7, 11) is 1.56. The van der Waals surface area contributed by atoms with E-state index < -0.39 is 0 Å². The minimum Gasteiger partial charge on any atom is -0.494 e. The number of nitrogens with one attached hydrogen (secondary N) is 2. The van der Waals surface area contributed by atoms with Gasteiger partial charge in [-0.25, -0.2) is 0 Å². The van der Waals surface area contributed by atoms with Crippen molar-refractivity contribution in [1.29, 1.82) is 0 Å². The number of carbonyl (C=O) groups is 1. The lowest BCUT2D eigenvalue weighted by Crippen LogP contribution is -2.14. The lowest BCUT2D eigenvalue weighted by molar-refractivity contribution is 0.102. The third kappa shape index (κ3) is 3.32. The van der Waals surface area contributed by atoms with Gasteiger partial charge in [0.25, 0.3) is 5.91 Å². The van der Waals surface area contributed by atoms with Crippen molar-refractivity contribution < 1.29 is 9.53 Å². The third-order valence-corrected chi connectivity index (χ3v) is 4.62. The first-order valence-corrected chi connectivity index (χ1v) is 8.70. The van der Waals surface area contributed by atoms with Crippen LogP contribution in [0.25, 0.3) is 5.69 Å². The van der Waals surface area contributed by atoms with Crippen molar-refractivity contribution >= 4 is 27.5 Å². The number of anilines is 1. The number of aromatic nitrogens is 6. The first-order chi connectivity index (χ1) is 12.4. The Balaban J connectivity index is 1.91. The number of halogens is 1. The molecule has 3 aromatic rings. The maximum absolute atomic E-state index is 12.6. The second-order valence-corrected chi connectivity index (χ2v) is 6.73. The van der Waals surface area contributed by atoms with E-state index in [1.165, 1.54) is 4.68 Å². The Bertz CT molecular complexity index is 948. The van der Waals surface area contributed by atoms with Crippen LogP contribution >= 0.6 is 15.9 Å². The molecule has 0 spiro atoms. The SMILES string of the molecule is COc1ccc(NC(=O)c2n[nH]c(C(C)C)c2Br)cc1-n1nnnc1C. The molecule has 0 radical (unpaired) electrons. The maximum Gasteiger partial charge on any atom is 0.277 e. The Morgan fingerprint density at radius 1 is 1.38 bits per heavy atom. The quantitative estimate of drug-likeness (QED) is 0.657. The summed E-state index contributed by atoms with van der Waals surface area (Å²) in [6.45, 7) is 5.81. The van der Waals surface area contributed by atoms with E-state index in [9.17, 15) is 4.79 Å². The van der Waals surface area contributed by atoms with Crippen LogP contribution in [0.1, 0.15) is 41.8 Å². The van der Waals surface area contributed by atoms with Gasteiger partial charge in [-0.05, 0) is 57.4 Å². The van der Waals surface area contributed by atoms with Crippen molar-refractivity contribution in [2.24, 2.45) is 0 Å². The zero-order chi connectivity index (χ0) is 18.8. The van der Waals surface area contributed by atoms with Gasteiger partial charge < -0.3 is 10.1 Å². The number of hydrogen-bond donors (Lipinski definition) is 2. The average Bonchev–Trinajstić information content (AvgIpc) is 3.20. The largest absolute Gasteiger partial charge is 0.494 e. The molecule has 0 atom stereocenters. The van der Waals surface area contributed by atoms with Crippen LogP contribution in [0.4, 0.5) is 5.69 Å². The van der Waals surface area contributed by atoms with Crippen molar-refractivity contribution in [2.45, 2.75) is 26.7 Å². The van der Waals surface area contributed by atoms with Crippen molar-refractivity contribution in [1.82, 2.24) is 30.4 Å². The Labute approximate surface area is 158 Å². The Morgan fingerprint density at radius 3 is 2.73 bits per heavy atom. The van der Waals surface area contributed by atoms with Crippen LogP contribution in [0.15, 0.2) is 22.7 Å². The number of tetrazole rings is 1. The summed E-state index contributed by atoms with van der Waals surface area (Å²) >= 11 is 3.44. The molecule has 0 saturated heterocycles.